The van der Waals surface area contributed by atoms with Gasteiger partial charge in [0, 0.05) is 6.42 Å². The summed E-state index contributed by atoms with van der Waals surface area (Å²) in [5, 5.41) is 8.13. The van der Waals surface area contributed by atoms with E-state index in [0.29, 0.717) is 6.42 Å². The molecule has 54 valence electrons. The van der Waals surface area contributed by atoms with E-state index in [4.69, 9.17) is 5.26 Å². The minimum absolute atomic E-state index is 0.0666. The zero-order chi connectivity index (χ0) is 7.82. The second-order valence-corrected chi connectivity index (χ2v) is 2.06. The number of unbranched alkanes of at least 4 members (excludes halogenated alkanes) is 2. The van der Waals surface area contributed by atoms with Crippen LogP contribution in [0.15, 0.2) is 12.2 Å². The third-order valence-electron chi connectivity index (χ3n) is 1.01. The van der Waals surface area contributed by atoms with Crippen LogP contribution in [0, 0.1) is 11.3 Å². The molecule has 2 nitrogen and oxygen atoms in total. The molecule has 0 aliphatic carbocycles. The molecule has 0 N–H and O–H groups in total. The van der Waals surface area contributed by atoms with Gasteiger partial charge in [-0.05, 0) is 25.8 Å². The van der Waals surface area contributed by atoms with Crippen LogP contribution in [0.25, 0.3) is 0 Å². The molecule has 0 saturated carbocycles. The van der Waals surface area contributed by atoms with Crippen molar-refractivity contribution in [2.24, 2.45) is 0 Å². The first kappa shape index (κ1) is 8.90. The fourth-order valence-corrected chi connectivity index (χ4v) is 0.548. The van der Waals surface area contributed by atoms with E-state index in [9.17, 15) is 4.79 Å². The van der Waals surface area contributed by atoms with Gasteiger partial charge < -0.3 is 0 Å². The van der Waals surface area contributed by atoms with E-state index in [1.54, 1.807) is 6.08 Å². The van der Waals surface area contributed by atoms with Crippen LogP contribution in [-0.4, -0.2) is 5.78 Å². The maximum Gasteiger partial charge on any atom is 0.152 e. The summed E-state index contributed by atoms with van der Waals surface area (Å²) in [6.07, 6.45) is 5.59. The molecule has 0 amide bonds. The van der Waals surface area contributed by atoms with Gasteiger partial charge in [-0.1, -0.05) is 6.08 Å². The fourth-order valence-electron chi connectivity index (χ4n) is 0.548. The smallest absolute Gasteiger partial charge is 0.152 e. The molecule has 0 rings (SSSR count). The molecular formula is C8H11NO. The Hall–Kier alpha value is -1.10. The van der Waals surface area contributed by atoms with Crippen molar-refractivity contribution in [2.45, 2.75) is 26.2 Å². The third-order valence-corrected chi connectivity index (χ3v) is 1.01. The minimum atomic E-state index is 0.0666. The summed E-state index contributed by atoms with van der Waals surface area (Å²) < 4.78 is 0. The number of rotatable bonds is 4. The molecule has 0 aromatic heterocycles. The Morgan fingerprint density at radius 1 is 1.70 bits per heavy atom. The zero-order valence-corrected chi connectivity index (χ0v) is 6.13. The molecule has 0 bridgehead atoms. The number of carbonyl (C=O) groups excluding carboxylic acids is 1. The Kier molecular flexibility index (Phi) is 5.36. The van der Waals surface area contributed by atoms with Gasteiger partial charge in [0.15, 0.2) is 5.78 Å². The van der Waals surface area contributed by atoms with Crippen LogP contribution in [0.2, 0.25) is 0 Å². The van der Waals surface area contributed by atoms with Crippen LogP contribution in [0.1, 0.15) is 26.2 Å². The second kappa shape index (κ2) is 6.03. The summed E-state index contributed by atoms with van der Waals surface area (Å²) in [5.74, 6) is 0.0666. The number of nitrogens with zero attached hydrogens (tertiary/aromatic N) is 1. The van der Waals surface area contributed by atoms with Gasteiger partial charge in [-0.2, -0.15) is 5.26 Å². The van der Waals surface area contributed by atoms with Gasteiger partial charge in [-0.3, -0.25) is 4.79 Å². The number of carbonyl (C=O) groups is 1. The van der Waals surface area contributed by atoms with Crippen LogP contribution in [0.3, 0.4) is 0 Å². The molecule has 0 radical (unpaired) electrons. The van der Waals surface area contributed by atoms with Crippen LogP contribution in [0.5, 0.6) is 0 Å². The summed E-state index contributed by atoms with van der Waals surface area (Å²) in [4.78, 5) is 10.3. The largest absolute Gasteiger partial charge is 0.295 e. The molecule has 0 atom stereocenters. The van der Waals surface area contributed by atoms with Crippen molar-refractivity contribution in [1.82, 2.24) is 0 Å². The lowest BCUT2D eigenvalue weighted by Gasteiger charge is -1.84. The Morgan fingerprint density at radius 3 is 2.90 bits per heavy atom. The summed E-state index contributed by atoms with van der Waals surface area (Å²) in [6.45, 7) is 1.51. The van der Waals surface area contributed by atoms with Gasteiger partial charge in [0.05, 0.1) is 6.07 Å². The Balaban J connectivity index is 3.20. The SMILES string of the molecule is CC(=O)C=CCCCC#N. The van der Waals surface area contributed by atoms with Crippen LogP contribution >= 0.6 is 0 Å². The highest BCUT2D eigenvalue weighted by molar-refractivity contribution is 5.87. The predicted octanol–water partition coefficient (Wildman–Crippen LogP) is 1.83. The van der Waals surface area contributed by atoms with Gasteiger partial charge in [0.1, 0.15) is 0 Å². The molecule has 0 spiro atoms. The fraction of sp³-hybridized carbons (Fsp3) is 0.500. The van der Waals surface area contributed by atoms with Crippen LogP contribution < -0.4 is 0 Å². The molecular weight excluding hydrogens is 126 g/mol. The molecule has 0 aliphatic heterocycles. The number of hydrogen-bond donors (Lipinski definition) is 0. The highest BCUT2D eigenvalue weighted by atomic mass is 16.1. The highest BCUT2D eigenvalue weighted by Crippen LogP contribution is 1.94. The Bertz CT molecular complexity index is 165. The predicted molar refractivity (Wildman–Crippen MR) is 39.3 cm³/mol. The van der Waals surface area contributed by atoms with Crippen molar-refractivity contribution in [3.05, 3.63) is 12.2 Å². The maximum absolute atomic E-state index is 10.3. The standard InChI is InChI=1S/C8H11NO/c1-8(10)6-4-2-3-5-7-9/h4,6H,2-3,5H2,1H3. The molecule has 0 aliphatic rings. The molecule has 0 unspecified atom stereocenters. The van der Waals surface area contributed by atoms with Gasteiger partial charge in [0.2, 0.25) is 0 Å². The summed E-state index contributed by atoms with van der Waals surface area (Å²) in [7, 11) is 0. The topological polar surface area (TPSA) is 40.9 Å². The monoisotopic (exact) mass is 137 g/mol. The third kappa shape index (κ3) is 6.90. The van der Waals surface area contributed by atoms with E-state index in [0.717, 1.165) is 12.8 Å². The van der Waals surface area contributed by atoms with E-state index in [1.807, 2.05) is 6.07 Å². The van der Waals surface area contributed by atoms with Crippen molar-refractivity contribution in [1.29, 1.82) is 5.26 Å². The second-order valence-electron chi connectivity index (χ2n) is 2.06. The van der Waals surface area contributed by atoms with Gasteiger partial charge in [0.25, 0.3) is 0 Å². The highest BCUT2D eigenvalue weighted by Gasteiger charge is 1.82. The molecule has 0 fully saturated rings. The maximum atomic E-state index is 10.3. The lowest BCUT2D eigenvalue weighted by molar-refractivity contribution is -0.112. The molecule has 0 saturated heterocycles. The molecule has 0 aromatic carbocycles. The first-order chi connectivity index (χ1) is 4.77. The van der Waals surface area contributed by atoms with E-state index < -0.39 is 0 Å². The zero-order valence-electron chi connectivity index (χ0n) is 6.13. The van der Waals surface area contributed by atoms with Gasteiger partial charge in [-0.15, -0.1) is 0 Å². The summed E-state index contributed by atoms with van der Waals surface area (Å²) in [5.41, 5.74) is 0. The number of allylic oxidation sites excluding steroid dienone is 2. The van der Waals surface area contributed by atoms with Gasteiger partial charge in [-0.25, -0.2) is 0 Å². The van der Waals surface area contributed by atoms with Crippen molar-refractivity contribution in [2.75, 3.05) is 0 Å². The van der Waals surface area contributed by atoms with E-state index >= 15 is 0 Å². The quantitative estimate of drug-likeness (QED) is 0.438. The molecule has 0 heterocycles. The van der Waals surface area contributed by atoms with Crippen LogP contribution in [-0.2, 0) is 4.79 Å². The van der Waals surface area contributed by atoms with Crippen LogP contribution in [0.4, 0.5) is 0 Å². The molecule has 0 aromatic rings. The molecule has 10 heavy (non-hydrogen) atoms. The lowest BCUT2D eigenvalue weighted by Crippen LogP contribution is -1.79. The average Bonchev–Trinajstić information content (AvgIpc) is 1.87. The van der Waals surface area contributed by atoms with Gasteiger partial charge >= 0.3 is 0 Å². The lowest BCUT2D eigenvalue weighted by atomic mass is 10.2. The molecule has 2 heteroatoms. The summed E-state index contributed by atoms with van der Waals surface area (Å²) >= 11 is 0. The van der Waals surface area contributed by atoms with E-state index in [1.165, 1.54) is 13.0 Å². The van der Waals surface area contributed by atoms with E-state index in [2.05, 4.69) is 0 Å². The van der Waals surface area contributed by atoms with E-state index in [-0.39, 0.29) is 5.78 Å². The minimum Gasteiger partial charge on any atom is -0.295 e. The Morgan fingerprint density at radius 2 is 2.40 bits per heavy atom. The normalized spacial score (nSPS) is 9.60. The number of hydrogen-bond acceptors (Lipinski definition) is 2. The number of nitriles is 1. The van der Waals surface area contributed by atoms with Crippen molar-refractivity contribution in [3.8, 4) is 6.07 Å². The first-order valence-electron chi connectivity index (χ1n) is 3.31. The first-order valence-corrected chi connectivity index (χ1v) is 3.31. The van der Waals surface area contributed by atoms with Crippen molar-refractivity contribution < 1.29 is 4.79 Å². The van der Waals surface area contributed by atoms with Crippen molar-refractivity contribution >= 4 is 5.78 Å². The van der Waals surface area contributed by atoms with Crippen molar-refractivity contribution in [3.63, 3.8) is 0 Å². The summed E-state index contributed by atoms with van der Waals surface area (Å²) in [6, 6.07) is 2.04. The average molecular weight is 137 g/mol. The Labute approximate surface area is 61.2 Å². The number of ketones is 1.